The number of ether oxygens (including phenoxy) is 1. The number of benzene rings is 3. The summed E-state index contributed by atoms with van der Waals surface area (Å²) in [4.78, 5) is -0.0134. The summed E-state index contributed by atoms with van der Waals surface area (Å²) in [6.45, 7) is 1.85. The topological polar surface area (TPSA) is 76.4 Å². The number of halogens is 2. The summed E-state index contributed by atoms with van der Waals surface area (Å²) < 4.78 is 35.4. The molecule has 3 rings (SSSR count). The highest BCUT2D eigenvalue weighted by atomic mass is 35.5. The second-order valence-corrected chi connectivity index (χ2v) is 8.92. The molecule has 0 heterocycles. The molecule has 31 heavy (non-hydrogen) atoms. The first-order valence-electron chi connectivity index (χ1n) is 9.00. The van der Waals surface area contributed by atoms with E-state index in [1.807, 2.05) is 6.92 Å². The monoisotopic (exact) mass is 473 g/mol. The zero-order valence-corrected chi connectivity index (χ0v) is 18.9. The van der Waals surface area contributed by atoms with E-state index in [-0.39, 0.29) is 20.7 Å². The highest BCUT2D eigenvalue weighted by molar-refractivity contribution is 7.87. The molecule has 0 aliphatic rings. The van der Waals surface area contributed by atoms with Crippen LogP contribution in [-0.2, 0) is 10.1 Å². The lowest BCUT2D eigenvalue weighted by Gasteiger charge is -2.11. The maximum absolute atomic E-state index is 12.6. The van der Waals surface area contributed by atoms with Crippen LogP contribution in [0.1, 0.15) is 16.7 Å². The Morgan fingerprint density at radius 2 is 1.58 bits per heavy atom. The van der Waals surface area contributed by atoms with Crippen LogP contribution >= 0.6 is 23.2 Å². The number of hydrogen-bond acceptors (Lipinski definition) is 5. The Labute approximate surface area is 191 Å². The van der Waals surface area contributed by atoms with Gasteiger partial charge in [-0.2, -0.15) is 13.7 Å². The molecule has 0 saturated heterocycles. The fraction of sp³-hybridized carbons (Fsp3) is 0.0870. The van der Waals surface area contributed by atoms with Gasteiger partial charge in [-0.25, -0.2) is 0 Å². The first-order valence-corrected chi connectivity index (χ1v) is 11.2. The van der Waals surface area contributed by atoms with Gasteiger partial charge in [-0.3, -0.25) is 0 Å². The van der Waals surface area contributed by atoms with Gasteiger partial charge in [0.2, 0.25) is 0 Å². The molecule has 0 aliphatic heterocycles. The standard InChI is InChI=1S/C23H17Cl2NO4S/c1-15-3-9-20(10-4-15)31(27,28)30-23-21(24)12-16(13-22(23)25)11-18(14-26)17-5-7-19(29-2)8-6-17/h3-13H,1-2H3/b18-11+. The lowest BCUT2D eigenvalue weighted by atomic mass is 10.0. The predicted octanol–water partition coefficient (Wildman–Crippen LogP) is 6.14. The molecule has 0 saturated carbocycles. The van der Waals surface area contributed by atoms with E-state index in [0.29, 0.717) is 22.4 Å². The number of nitriles is 1. The lowest BCUT2D eigenvalue weighted by Crippen LogP contribution is -2.10. The van der Waals surface area contributed by atoms with Crippen molar-refractivity contribution in [2.75, 3.05) is 7.11 Å². The Morgan fingerprint density at radius 3 is 2.10 bits per heavy atom. The van der Waals surface area contributed by atoms with E-state index in [4.69, 9.17) is 32.1 Å². The van der Waals surface area contributed by atoms with Crippen LogP contribution in [0.15, 0.2) is 65.6 Å². The van der Waals surface area contributed by atoms with Crippen LogP contribution in [0.5, 0.6) is 11.5 Å². The number of nitrogens with zero attached hydrogens (tertiary/aromatic N) is 1. The molecule has 0 bridgehead atoms. The normalized spacial score (nSPS) is 11.6. The molecule has 3 aromatic carbocycles. The van der Waals surface area contributed by atoms with Gasteiger partial charge >= 0.3 is 10.1 Å². The van der Waals surface area contributed by atoms with E-state index in [2.05, 4.69) is 6.07 Å². The molecule has 5 nitrogen and oxygen atoms in total. The van der Waals surface area contributed by atoms with Gasteiger partial charge in [0.05, 0.1) is 28.8 Å². The van der Waals surface area contributed by atoms with Gasteiger partial charge in [0.25, 0.3) is 0 Å². The van der Waals surface area contributed by atoms with Crippen molar-refractivity contribution >= 4 is 45.0 Å². The summed E-state index contributed by atoms with van der Waals surface area (Å²) in [7, 11) is -2.56. The Kier molecular flexibility index (Phi) is 6.91. The van der Waals surface area contributed by atoms with Crippen LogP contribution in [-0.4, -0.2) is 15.5 Å². The van der Waals surface area contributed by atoms with Crippen molar-refractivity contribution in [3.63, 3.8) is 0 Å². The average Bonchev–Trinajstić information content (AvgIpc) is 2.75. The van der Waals surface area contributed by atoms with Gasteiger partial charge in [0.15, 0.2) is 5.75 Å². The smallest absolute Gasteiger partial charge is 0.339 e. The molecule has 0 aliphatic carbocycles. The number of aryl methyl sites for hydroxylation is 1. The molecule has 0 fully saturated rings. The summed E-state index contributed by atoms with van der Waals surface area (Å²) in [5, 5.41) is 9.54. The summed E-state index contributed by atoms with van der Waals surface area (Å²) >= 11 is 12.5. The predicted molar refractivity (Wildman–Crippen MR) is 122 cm³/mol. The van der Waals surface area contributed by atoms with Crippen LogP contribution in [0.4, 0.5) is 0 Å². The van der Waals surface area contributed by atoms with Gasteiger partial charge in [-0.1, -0.05) is 40.9 Å². The van der Waals surface area contributed by atoms with Crippen molar-refractivity contribution in [3.05, 3.63) is 87.4 Å². The van der Waals surface area contributed by atoms with Crippen molar-refractivity contribution in [3.8, 4) is 17.6 Å². The number of rotatable bonds is 6. The van der Waals surface area contributed by atoms with Gasteiger partial charge in [0.1, 0.15) is 10.6 Å². The molecule has 8 heteroatoms. The molecule has 0 spiro atoms. The molecule has 3 aromatic rings. The van der Waals surface area contributed by atoms with E-state index in [0.717, 1.165) is 5.56 Å². The van der Waals surface area contributed by atoms with Crippen molar-refractivity contribution in [1.82, 2.24) is 0 Å². The summed E-state index contributed by atoms with van der Waals surface area (Å²) in [5.74, 6) is 0.493. The fourth-order valence-electron chi connectivity index (χ4n) is 2.72. The van der Waals surface area contributed by atoms with Gasteiger partial charge in [0, 0.05) is 0 Å². The lowest BCUT2D eigenvalue weighted by molar-refractivity contribution is 0.415. The van der Waals surface area contributed by atoms with Crippen LogP contribution in [0.3, 0.4) is 0 Å². The third-order valence-corrected chi connectivity index (χ3v) is 6.15. The first-order chi connectivity index (χ1) is 14.7. The largest absolute Gasteiger partial charge is 0.497 e. The number of hydrogen-bond donors (Lipinski definition) is 0. The summed E-state index contributed by atoms with van der Waals surface area (Å²) in [5.41, 5.74) is 2.48. The summed E-state index contributed by atoms with van der Waals surface area (Å²) in [6, 6.07) is 18.3. The van der Waals surface area contributed by atoms with E-state index in [1.54, 1.807) is 49.6 Å². The van der Waals surface area contributed by atoms with Crippen LogP contribution in [0.25, 0.3) is 11.6 Å². The minimum absolute atomic E-state index is 0.00135. The van der Waals surface area contributed by atoms with Gasteiger partial charge in [-0.15, -0.1) is 0 Å². The molecule has 0 N–H and O–H groups in total. The van der Waals surface area contributed by atoms with E-state index in [1.165, 1.54) is 24.3 Å². The summed E-state index contributed by atoms with van der Waals surface area (Å²) in [6.07, 6.45) is 1.60. The molecule has 0 amide bonds. The maximum Gasteiger partial charge on any atom is 0.339 e. The van der Waals surface area contributed by atoms with E-state index < -0.39 is 10.1 Å². The SMILES string of the molecule is COc1ccc(/C(C#N)=C/c2cc(Cl)c(OS(=O)(=O)c3ccc(C)cc3)c(Cl)c2)cc1. The van der Waals surface area contributed by atoms with Crippen molar-refractivity contribution < 1.29 is 17.3 Å². The Hall–Kier alpha value is -2.98. The second kappa shape index (κ2) is 9.44. The molecule has 0 atom stereocenters. The first kappa shape index (κ1) is 22.7. The molecule has 158 valence electrons. The molecule has 0 aromatic heterocycles. The third kappa shape index (κ3) is 5.39. The second-order valence-electron chi connectivity index (χ2n) is 6.56. The van der Waals surface area contributed by atoms with E-state index in [9.17, 15) is 13.7 Å². The molecule has 0 radical (unpaired) electrons. The number of methoxy groups -OCH3 is 1. The van der Waals surface area contributed by atoms with Crippen LogP contribution in [0.2, 0.25) is 10.0 Å². The average molecular weight is 474 g/mol. The molecular weight excluding hydrogens is 457 g/mol. The van der Waals surface area contributed by atoms with Gasteiger partial charge in [-0.05, 0) is 72.7 Å². The fourth-order valence-corrected chi connectivity index (χ4v) is 4.36. The van der Waals surface area contributed by atoms with Crippen molar-refractivity contribution in [2.45, 2.75) is 11.8 Å². The zero-order chi connectivity index (χ0) is 22.6. The van der Waals surface area contributed by atoms with Crippen molar-refractivity contribution in [1.29, 1.82) is 5.26 Å². The van der Waals surface area contributed by atoms with Crippen molar-refractivity contribution in [2.24, 2.45) is 0 Å². The molecule has 0 unspecified atom stereocenters. The Morgan fingerprint density at radius 1 is 1.00 bits per heavy atom. The Balaban J connectivity index is 1.93. The van der Waals surface area contributed by atoms with Crippen LogP contribution in [0, 0.1) is 18.3 Å². The van der Waals surface area contributed by atoms with E-state index >= 15 is 0 Å². The quantitative estimate of drug-likeness (QED) is 0.244. The third-order valence-electron chi connectivity index (χ3n) is 4.36. The minimum Gasteiger partial charge on any atom is -0.497 e. The highest BCUT2D eigenvalue weighted by Crippen LogP contribution is 2.37. The van der Waals surface area contributed by atoms with Gasteiger partial charge < -0.3 is 8.92 Å². The number of allylic oxidation sites excluding steroid dienone is 1. The highest BCUT2D eigenvalue weighted by Gasteiger charge is 2.21. The molecular formula is C23H17Cl2NO4S. The Bertz CT molecular complexity index is 1250. The maximum atomic E-state index is 12.6. The van der Waals surface area contributed by atoms with Crippen LogP contribution < -0.4 is 8.92 Å². The minimum atomic E-state index is -4.11. The zero-order valence-electron chi connectivity index (χ0n) is 16.6.